The number of nitrogens with two attached hydrogens (primary N) is 1. The lowest BCUT2D eigenvalue weighted by Crippen LogP contribution is -2.24. The van der Waals surface area contributed by atoms with Gasteiger partial charge in [0.05, 0.1) is 17.1 Å². The highest BCUT2D eigenvalue weighted by atomic mass is 127. The Kier molecular flexibility index (Phi) is 8.44. The molecule has 0 spiro atoms. The number of hydrogen-bond acceptors (Lipinski definition) is 5. The molecule has 0 aromatic heterocycles. The van der Waals surface area contributed by atoms with Crippen LogP contribution in [0.15, 0.2) is 54.6 Å². The summed E-state index contributed by atoms with van der Waals surface area (Å²) in [6.07, 6.45) is 0. The molecular formula is C23H22F2IN3O4S. The number of benzene rings is 3. The summed E-state index contributed by atoms with van der Waals surface area (Å²) in [4.78, 5) is 12.2. The molecule has 0 aliphatic rings. The lowest BCUT2D eigenvalue weighted by Gasteiger charge is -2.16. The molecule has 3 aromatic carbocycles. The summed E-state index contributed by atoms with van der Waals surface area (Å²) >= 11 is 1.95. The van der Waals surface area contributed by atoms with E-state index in [0.29, 0.717) is 14.7 Å². The number of nitrogens with one attached hydrogen (secondary N) is 2. The number of anilines is 2. The number of amides is 1. The highest BCUT2D eigenvalue weighted by Crippen LogP contribution is 2.32. The van der Waals surface area contributed by atoms with Crippen LogP contribution in [0.2, 0.25) is 0 Å². The third-order valence-electron chi connectivity index (χ3n) is 4.62. The van der Waals surface area contributed by atoms with Crippen LogP contribution in [0.1, 0.15) is 28.4 Å². The lowest BCUT2D eigenvalue weighted by atomic mass is 10.1. The highest BCUT2D eigenvalue weighted by molar-refractivity contribution is 14.1. The smallest absolute Gasteiger partial charge is 0.254 e. The number of carbonyl (C=O) groups excluding carboxylic acids is 1. The van der Waals surface area contributed by atoms with Gasteiger partial charge in [-0.1, -0.05) is 31.2 Å². The highest BCUT2D eigenvalue weighted by Gasteiger charge is 2.19. The maximum atomic E-state index is 14.3. The molecule has 4 N–H and O–H groups in total. The van der Waals surface area contributed by atoms with E-state index >= 15 is 0 Å². The molecule has 0 saturated heterocycles. The van der Waals surface area contributed by atoms with Crippen molar-refractivity contribution in [3.05, 3.63) is 86.5 Å². The average molecular weight is 601 g/mol. The predicted octanol–water partition coefficient (Wildman–Crippen LogP) is 4.43. The maximum Gasteiger partial charge on any atom is 0.254 e. The summed E-state index contributed by atoms with van der Waals surface area (Å²) in [6, 6.07) is 13.1. The number of carbonyl (C=O) groups is 1. The van der Waals surface area contributed by atoms with Gasteiger partial charge < -0.3 is 15.8 Å². The van der Waals surface area contributed by atoms with Crippen molar-refractivity contribution < 1.29 is 26.7 Å². The van der Waals surface area contributed by atoms with Crippen molar-refractivity contribution in [2.75, 3.05) is 11.9 Å². The fourth-order valence-corrected chi connectivity index (χ4v) is 4.86. The molecule has 0 aliphatic heterocycles. The summed E-state index contributed by atoms with van der Waals surface area (Å²) in [7, 11) is -3.47. The molecule has 34 heavy (non-hydrogen) atoms. The molecule has 0 saturated carbocycles. The van der Waals surface area contributed by atoms with Crippen molar-refractivity contribution in [2.24, 2.45) is 5.73 Å². The van der Waals surface area contributed by atoms with Gasteiger partial charge in [0.15, 0.2) is 0 Å². The normalized spacial score (nSPS) is 11.3. The molecule has 0 fully saturated rings. The third kappa shape index (κ3) is 6.87. The number of ether oxygens (including phenoxy) is 1. The Morgan fingerprint density at radius 1 is 1.06 bits per heavy atom. The van der Waals surface area contributed by atoms with Gasteiger partial charge in [-0.05, 0) is 58.0 Å². The molecule has 0 atom stereocenters. The van der Waals surface area contributed by atoms with E-state index < -0.39 is 27.6 Å². The van der Waals surface area contributed by atoms with E-state index in [9.17, 15) is 22.0 Å². The van der Waals surface area contributed by atoms with Crippen molar-refractivity contribution in [3.8, 4) is 5.75 Å². The van der Waals surface area contributed by atoms with Crippen molar-refractivity contribution in [3.63, 3.8) is 0 Å². The molecule has 1 amide bonds. The van der Waals surface area contributed by atoms with Gasteiger partial charge in [0.1, 0.15) is 29.6 Å². The fourth-order valence-electron chi connectivity index (χ4n) is 3.25. The molecule has 7 nitrogen and oxygen atoms in total. The molecule has 0 heterocycles. The van der Waals surface area contributed by atoms with Crippen LogP contribution in [0.25, 0.3) is 0 Å². The van der Waals surface area contributed by atoms with Gasteiger partial charge in [-0.25, -0.2) is 21.9 Å². The van der Waals surface area contributed by atoms with E-state index in [1.165, 1.54) is 12.1 Å². The molecule has 11 heteroatoms. The SMILES string of the molecule is CCNS(=O)(=O)Cc1cccc(COc2cc(F)cc(Nc3ccc(I)cc3F)c2C(N)=O)c1. The minimum absolute atomic E-state index is 0.0362. The summed E-state index contributed by atoms with van der Waals surface area (Å²) in [5.41, 5.74) is 6.50. The topological polar surface area (TPSA) is 111 Å². The quantitative estimate of drug-likeness (QED) is 0.298. The first-order valence-electron chi connectivity index (χ1n) is 10.1. The van der Waals surface area contributed by atoms with Crippen molar-refractivity contribution >= 4 is 49.9 Å². The van der Waals surface area contributed by atoms with Crippen LogP contribution in [-0.2, 0) is 22.4 Å². The van der Waals surface area contributed by atoms with Crippen LogP contribution in [0.4, 0.5) is 20.2 Å². The third-order valence-corrected chi connectivity index (χ3v) is 6.73. The Hall–Kier alpha value is -2.77. The Morgan fingerprint density at radius 3 is 2.47 bits per heavy atom. The zero-order valence-corrected chi connectivity index (χ0v) is 21.0. The second-order valence-electron chi connectivity index (χ2n) is 7.31. The van der Waals surface area contributed by atoms with Gasteiger partial charge in [-0.3, -0.25) is 4.79 Å². The number of primary amides is 1. The van der Waals surface area contributed by atoms with Crippen LogP contribution in [-0.4, -0.2) is 20.9 Å². The standard InChI is InChI=1S/C23H22F2IN3O4S/c1-2-28-34(31,32)13-15-5-3-4-14(8-15)12-33-21-10-16(24)9-20(22(21)23(27)30)29-19-7-6-17(26)11-18(19)25/h3-11,28-29H,2,12-13H2,1H3,(H2,27,30). The predicted molar refractivity (Wildman–Crippen MR) is 134 cm³/mol. The second kappa shape index (κ2) is 11.1. The van der Waals surface area contributed by atoms with Gasteiger partial charge in [-0.15, -0.1) is 0 Å². The maximum absolute atomic E-state index is 14.3. The van der Waals surface area contributed by atoms with E-state index in [1.54, 1.807) is 37.3 Å². The van der Waals surface area contributed by atoms with Crippen LogP contribution in [0, 0.1) is 15.2 Å². The van der Waals surface area contributed by atoms with Crippen molar-refractivity contribution in [1.82, 2.24) is 4.72 Å². The Labute approximate surface area is 209 Å². The Morgan fingerprint density at radius 2 is 1.79 bits per heavy atom. The van der Waals surface area contributed by atoms with Crippen LogP contribution < -0.4 is 20.5 Å². The minimum Gasteiger partial charge on any atom is -0.488 e. The molecule has 3 rings (SSSR count). The fraction of sp³-hybridized carbons (Fsp3) is 0.174. The molecule has 0 unspecified atom stereocenters. The second-order valence-corrected chi connectivity index (χ2v) is 10.4. The van der Waals surface area contributed by atoms with Gasteiger partial charge >= 0.3 is 0 Å². The summed E-state index contributed by atoms with van der Waals surface area (Å²) < 4.78 is 61.4. The number of halogens is 3. The summed E-state index contributed by atoms with van der Waals surface area (Å²) in [5, 5.41) is 2.70. The zero-order chi connectivity index (χ0) is 24.9. The van der Waals surface area contributed by atoms with Gasteiger partial charge in [0.2, 0.25) is 10.0 Å². The summed E-state index contributed by atoms with van der Waals surface area (Å²) in [5.74, 6) is -2.55. The van der Waals surface area contributed by atoms with E-state index in [4.69, 9.17) is 10.5 Å². The Bertz CT molecular complexity index is 1320. The largest absolute Gasteiger partial charge is 0.488 e. The van der Waals surface area contributed by atoms with E-state index in [0.717, 1.165) is 12.1 Å². The first-order chi connectivity index (χ1) is 16.1. The van der Waals surface area contributed by atoms with Gasteiger partial charge in [-0.2, -0.15) is 0 Å². The van der Waals surface area contributed by atoms with Crippen molar-refractivity contribution in [1.29, 1.82) is 0 Å². The monoisotopic (exact) mass is 601 g/mol. The van der Waals surface area contributed by atoms with Crippen LogP contribution in [0.3, 0.4) is 0 Å². The molecule has 0 aliphatic carbocycles. The Balaban J connectivity index is 1.86. The number of sulfonamides is 1. The number of rotatable bonds is 10. The first kappa shape index (κ1) is 25.8. The molecule has 0 radical (unpaired) electrons. The van der Waals surface area contributed by atoms with Crippen LogP contribution in [0.5, 0.6) is 5.75 Å². The van der Waals surface area contributed by atoms with E-state index in [1.807, 2.05) is 22.6 Å². The van der Waals surface area contributed by atoms with Gasteiger partial charge in [0, 0.05) is 16.2 Å². The lowest BCUT2D eigenvalue weighted by molar-refractivity contribution is 0.0996. The molecule has 0 bridgehead atoms. The van der Waals surface area contributed by atoms with Crippen molar-refractivity contribution in [2.45, 2.75) is 19.3 Å². The number of hydrogen-bond donors (Lipinski definition) is 3. The van der Waals surface area contributed by atoms with Crippen LogP contribution >= 0.6 is 22.6 Å². The minimum atomic E-state index is -3.47. The zero-order valence-electron chi connectivity index (χ0n) is 18.1. The van der Waals surface area contributed by atoms with E-state index in [-0.39, 0.29) is 41.6 Å². The first-order valence-corrected chi connectivity index (χ1v) is 12.8. The molecule has 180 valence electrons. The van der Waals surface area contributed by atoms with E-state index in [2.05, 4.69) is 10.0 Å². The summed E-state index contributed by atoms with van der Waals surface area (Å²) in [6.45, 7) is 1.88. The average Bonchev–Trinajstić information content (AvgIpc) is 2.73. The van der Waals surface area contributed by atoms with Gasteiger partial charge in [0.25, 0.3) is 5.91 Å². The molecule has 3 aromatic rings. The molecular weight excluding hydrogens is 579 g/mol.